The van der Waals surface area contributed by atoms with E-state index in [2.05, 4.69) is 32.3 Å². The van der Waals surface area contributed by atoms with Gasteiger partial charge in [0.05, 0.1) is 22.8 Å². The number of nitrogens with two attached hydrogens (primary N) is 1. The minimum Gasteiger partial charge on any atom is -0.496 e. The molecule has 1 amide bonds. The Morgan fingerprint density at radius 1 is 1.46 bits per heavy atom. The minimum atomic E-state index is -0.835. The van der Waals surface area contributed by atoms with Gasteiger partial charge in [0.1, 0.15) is 28.9 Å². The van der Waals surface area contributed by atoms with Gasteiger partial charge in [-0.3, -0.25) is 4.79 Å². The van der Waals surface area contributed by atoms with Crippen LogP contribution < -0.4 is 15.8 Å². The molecule has 0 aliphatic rings. The normalized spacial score (nSPS) is 10.4. The highest BCUT2D eigenvalue weighted by Crippen LogP contribution is 2.33. The second-order valence-corrected chi connectivity index (χ2v) is 6.09. The Balaban J connectivity index is 2.28. The fourth-order valence-electron chi connectivity index (χ4n) is 2.44. The van der Waals surface area contributed by atoms with E-state index in [1.165, 1.54) is 25.3 Å². The molecule has 0 atom stereocenters. The lowest BCUT2D eigenvalue weighted by molar-refractivity contribution is 0.0995. The zero-order valence-electron chi connectivity index (χ0n) is 13.4. The van der Waals surface area contributed by atoms with Gasteiger partial charge in [0.25, 0.3) is 5.91 Å². The van der Waals surface area contributed by atoms with Crippen LogP contribution in [0.5, 0.6) is 5.75 Å². The molecule has 0 saturated carbocycles. The van der Waals surface area contributed by atoms with Crippen LogP contribution >= 0.6 is 15.9 Å². The number of carbonyl (C=O) groups is 1. The van der Waals surface area contributed by atoms with Crippen LogP contribution in [0.1, 0.15) is 16.1 Å². The van der Waals surface area contributed by atoms with Gasteiger partial charge >= 0.3 is 0 Å². The minimum absolute atomic E-state index is 0.0102. The number of pyridine rings is 1. The van der Waals surface area contributed by atoms with Crippen LogP contribution in [0.3, 0.4) is 0 Å². The van der Waals surface area contributed by atoms with Gasteiger partial charge in [-0.2, -0.15) is 5.26 Å². The number of nitriles is 1. The number of methoxy groups -OCH3 is 1. The number of nitrogens with zero attached hydrogens (tertiary/aromatic N) is 2. The van der Waals surface area contributed by atoms with Gasteiger partial charge < -0.3 is 15.8 Å². The SMILES string of the molecule is COc1[c]cc2c(Nc3ccc(F)c(Br)c3)c(C#N)c(C(N)=O)nc2c1. The number of rotatable bonds is 4. The molecule has 8 heteroatoms. The van der Waals surface area contributed by atoms with Crippen LogP contribution in [0.2, 0.25) is 0 Å². The van der Waals surface area contributed by atoms with E-state index in [1.54, 1.807) is 12.1 Å². The number of anilines is 2. The summed E-state index contributed by atoms with van der Waals surface area (Å²) in [6.07, 6.45) is 0. The lowest BCUT2D eigenvalue weighted by Crippen LogP contribution is -2.16. The average molecular weight is 414 g/mol. The van der Waals surface area contributed by atoms with E-state index in [9.17, 15) is 14.4 Å². The highest BCUT2D eigenvalue weighted by Gasteiger charge is 2.19. The molecule has 0 unspecified atom stereocenters. The first-order valence-corrected chi connectivity index (χ1v) is 8.09. The molecule has 3 rings (SSSR count). The molecule has 3 aromatic rings. The second kappa shape index (κ2) is 6.98. The topological polar surface area (TPSA) is 101 Å². The zero-order chi connectivity index (χ0) is 18.8. The van der Waals surface area contributed by atoms with Crippen molar-refractivity contribution in [3.63, 3.8) is 0 Å². The molecule has 0 fully saturated rings. The Morgan fingerprint density at radius 2 is 2.23 bits per heavy atom. The van der Waals surface area contributed by atoms with Crippen molar-refractivity contribution < 1.29 is 13.9 Å². The first-order chi connectivity index (χ1) is 12.4. The van der Waals surface area contributed by atoms with Crippen LogP contribution in [0.25, 0.3) is 10.9 Å². The van der Waals surface area contributed by atoms with Crippen LogP contribution in [0, 0.1) is 23.2 Å². The van der Waals surface area contributed by atoms with Crippen molar-refractivity contribution in [2.45, 2.75) is 0 Å². The number of hydrogen-bond donors (Lipinski definition) is 2. The summed E-state index contributed by atoms with van der Waals surface area (Å²) in [6.45, 7) is 0. The van der Waals surface area contributed by atoms with Gasteiger partial charge in [-0.25, -0.2) is 9.37 Å². The molecule has 1 radical (unpaired) electrons. The van der Waals surface area contributed by atoms with E-state index in [-0.39, 0.29) is 15.7 Å². The van der Waals surface area contributed by atoms with Crippen molar-refractivity contribution in [1.82, 2.24) is 4.98 Å². The molecule has 0 saturated heterocycles. The molecule has 3 N–H and O–H groups in total. The highest BCUT2D eigenvalue weighted by molar-refractivity contribution is 9.10. The summed E-state index contributed by atoms with van der Waals surface area (Å²) in [5.41, 5.74) is 6.43. The number of benzene rings is 2. The van der Waals surface area contributed by atoms with E-state index >= 15 is 0 Å². The van der Waals surface area contributed by atoms with Crippen molar-refractivity contribution in [1.29, 1.82) is 5.26 Å². The molecule has 6 nitrogen and oxygen atoms in total. The Hall–Kier alpha value is -3.18. The summed E-state index contributed by atoms with van der Waals surface area (Å²) in [5.74, 6) is -0.842. The van der Waals surface area contributed by atoms with Crippen molar-refractivity contribution >= 4 is 44.1 Å². The molecule has 26 heavy (non-hydrogen) atoms. The Morgan fingerprint density at radius 3 is 2.85 bits per heavy atom. The maximum atomic E-state index is 13.5. The number of primary amides is 1. The fourth-order valence-corrected chi connectivity index (χ4v) is 2.81. The number of ether oxygens (including phenoxy) is 1. The number of carbonyl (C=O) groups excluding carboxylic acids is 1. The molecule has 1 heterocycles. The molecule has 0 bridgehead atoms. The molecular weight excluding hydrogens is 403 g/mol. The van der Waals surface area contributed by atoms with Crippen LogP contribution in [-0.4, -0.2) is 18.0 Å². The maximum Gasteiger partial charge on any atom is 0.268 e. The first-order valence-electron chi connectivity index (χ1n) is 7.30. The van der Waals surface area contributed by atoms with Gasteiger partial charge in [0, 0.05) is 23.2 Å². The van der Waals surface area contributed by atoms with Gasteiger partial charge in [-0.15, -0.1) is 0 Å². The quantitative estimate of drug-likeness (QED) is 0.679. The Labute approximate surface area is 156 Å². The lowest BCUT2D eigenvalue weighted by Gasteiger charge is -2.14. The van der Waals surface area contributed by atoms with Crippen molar-refractivity contribution in [3.8, 4) is 11.8 Å². The summed E-state index contributed by atoms with van der Waals surface area (Å²) in [6, 6.07) is 12.3. The summed E-state index contributed by atoms with van der Waals surface area (Å²) in [4.78, 5) is 15.9. The van der Waals surface area contributed by atoms with E-state index in [0.29, 0.717) is 28.0 Å². The summed E-state index contributed by atoms with van der Waals surface area (Å²) in [5, 5.41) is 13.1. The molecular formula is C18H11BrFN4O2. The Bertz CT molecular complexity index is 1080. The van der Waals surface area contributed by atoms with Crippen molar-refractivity contribution in [2.75, 3.05) is 12.4 Å². The molecule has 129 valence electrons. The standard InChI is InChI=1S/C18H11BrFN4O2/c1-26-10-3-4-11-15(7-10)24-17(18(22)25)12(8-21)16(11)23-9-2-5-14(20)13(19)6-9/h2,4-7H,1H3,(H2,22,25)(H,23,24). The lowest BCUT2D eigenvalue weighted by atomic mass is 10.1. The number of halogens is 2. The second-order valence-electron chi connectivity index (χ2n) is 5.24. The number of hydrogen-bond acceptors (Lipinski definition) is 5. The first kappa shape index (κ1) is 17.6. The fraction of sp³-hybridized carbons (Fsp3) is 0.0556. The van der Waals surface area contributed by atoms with E-state index in [0.717, 1.165) is 0 Å². The van der Waals surface area contributed by atoms with Crippen molar-refractivity contribution in [2.24, 2.45) is 5.73 Å². The van der Waals surface area contributed by atoms with E-state index in [4.69, 9.17) is 10.5 Å². The number of nitrogens with one attached hydrogen (secondary N) is 1. The van der Waals surface area contributed by atoms with E-state index in [1.807, 2.05) is 6.07 Å². The summed E-state index contributed by atoms with van der Waals surface area (Å²) >= 11 is 3.11. The highest BCUT2D eigenvalue weighted by atomic mass is 79.9. The van der Waals surface area contributed by atoms with Crippen molar-refractivity contribution in [3.05, 3.63) is 57.9 Å². The monoisotopic (exact) mass is 413 g/mol. The molecule has 1 aromatic heterocycles. The third-order valence-corrected chi connectivity index (χ3v) is 4.25. The molecule has 2 aromatic carbocycles. The van der Waals surface area contributed by atoms with Gasteiger partial charge in [-0.1, -0.05) is 0 Å². The van der Waals surface area contributed by atoms with Crippen LogP contribution in [0.15, 0.2) is 34.8 Å². The van der Waals surface area contributed by atoms with Gasteiger partial charge in [0.15, 0.2) is 0 Å². The maximum absolute atomic E-state index is 13.5. The predicted octanol–water partition coefficient (Wildman–Crippen LogP) is 3.66. The van der Waals surface area contributed by atoms with Crippen LogP contribution in [-0.2, 0) is 0 Å². The van der Waals surface area contributed by atoms with Gasteiger partial charge in [0.2, 0.25) is 0 Å². The number of amides is 1. The average Bonchev–Trinajstić information content (AvgIpc) is 2.63. The Kier molecular flexibility index (Phi) is 4.73. The molecule has 0 aliphatic heterocycles. The molecule has 0 spiro atoms. The third-order valence-electron chi connectivity index (χ3n) is 3.64. The third kappa shape index (κ3) is 3.17. The summed E-state index contributed by atoms with van der Waals surface area (Å²) < 4.78 is 18.8. The van der Waals surface area contributed by atoms with Crippen LogP contribution in [0.4, 0.5) is 15.8 Å². The summed E-state index contributed by atoms with van der Waals surface area (Å²) in [7, 11) is 1.48. The smallest absolute Gasteiger partial charge is 0.268 e. The largest absolute Gasteiger partial charge is 0.496 e. The number of fused-ring (bicyclic) bond motifs is 1. The molecule has 0 aliphatic carbocycles. The van der Waals surface area contributed by atoms with E-state index < -0.39 is 11.7 Å². The number of aromatic nitrogens is 1. The zero-order valence-corrected chi connectivity index (χ0v) is 15.0. The van der Waals surface area contributed by atoms with Gasteiger partial charge in [-0.05, 0) is 40.2 Å². The predicted molar refractivity (Wildman–Crippen MR) is 97.7 cm³/mol.